The molecule has 0 unspecified atom stereocenters. The van der Waals surface area contributed by atoms with Crippen LogP contribution in [0.25, 0.3) is 15.9 Å². The molecule has 0 fully saturated rings. The van der Waals surface area contributed by atoms with Crippen molar-refractivity contribution in [3.05, 3.63) is 59.0 Å². The maximum atomic E-state index is 12.7. The fraction of sp³-hybridized carbons (Fsp3) is 0.118. The van der Waals surface area contributed by atoms with Gasteiger partial charge in [0.25, 0.3) is 5.91 Å². The smallest absolute Gasteiger partial charge is 0.274 e. The van der Waals surface area contributed by atoms with E-state index in [0.717, 1.165) is 26.6 Å². The summed E-state index contributed by atoms with van der Waals surface area (Å²) in [6.45, 7) is 3.82. The lowest BCUT2D eigenvalue weighted by atomic mass is 10.2. The number of anilines is 1. The molecule has 114 valence electrons. The first kappa shape index (κ1) is 13.9. The van der Waals surface area contributed by atoms with Crippen LogP contribution in [-0.4, -0.2) is 20.3 Å². The van der Waals surface area contributed by atoms with E-state index in [0.29, 0.717) is 11.4 Å². The third-order valence-electron chi connectivity index (χ3n) is 3.67. The number of hydrogen-bond acceptors (Lipinski definition) is 4. The Morgan fingerprint density at radius 2 is 2.04 bits per heavy atom. The second kappa shape index (κ2) is 5.17. The molecule has 23 heavy (non-hydrogen) atoms. The molecule has 6 heteroatoms. The molecule has 1 N–H and O–H groups in total. The molecular formula is C17H14N4OS. The van der Waals surface area contributed by atoms with Crippen molar-refractivity contribution in [3.63, 3.8) is 0 Å². The van der Waals surface area contributed by atoms with Crippen LogP contribution in [0.2, 0.25) is 0 Å². The molecule has 1 amide bonds. The fourth-order valence-electron chi connectivity index (χ4n) is 2.70. The largest absolute Gasteiger partial charge is 0.321 e. The van der Waals surface area contributed by atoms with Crippen LogP contribution in [0.15, 0.2) is 42.6 Å². The summed E-state index contributed by atoms with van der Waals surface area (Å²) in [5, 5.41) is 3.96. The van der Waals surface area contributed by atoms with E-state index >= 15 is 0 Å². The minimum absolute atomic E-state index is 0.174. The molecule has 4 rings (SSSR count). The van der Waals surface area contributed by atoms with Crippen molar-refractivity contribution in [2.24, 2.45) is 0 Å². The summed E-state index contributed by atoms with van der Waals surface area (Å²) < 4.78 is 2.92. The van der Waals surface area contributed by atoms with Crippen molar-refractivity contribution < 1.29 is 4.79 Å². The van der Waals surface area contributed by atoms with Crippen molar-refractivity contribution >= 4 is 38.8 Å². The molecule has 0 spiro atoms. The predicted molar refractivity (Wildman–Crippen MR) is 92.2 cm³/mol. The van der Waals surface area contributed by atoms with Gasteiger partial charge in [-0.05, 0) is 44.2 Å². The number of rotatable bonds is 2. The molecule has 0 radical (unpaired) electrons. The van der Waals surface area contributed by atoms with Crippen LogP contribution in [-0.2, 0) is 0 Å². The van der Waals surface area contributed by atoms with E-state index in [1.807, 2.05) is 56.4 Å². The Morgan fingerprint density at radius 1 is 1.17 bits per heavy atom. The standard InChI is InChI=1S/C17H14N4OS/c1-10-16(21-8-4-3-5-15(21)18-10)17(22)20-12-6-7-14-13(9-12)19-11(2)23-14/h3-9H,1-2H3,(H,20,22). The van der Waals surface area contributed by atoms with Crippen molar-refractivity contribution in [1.29, 1.82) is 0 Å². The van der Waals surface area contributed by atoms with Gasteiger partial charge in [0.1, 0.15) is 11.3 Å². The molecule has 1 aromatic carbocycles. The molecule has 0 bridgehead atoms. The van der Waals surface area contributed by atoms with Gasteiger partial charge in [0.2, 0.25) is 0 Å². The number of thiazole rings is 1. The first-order chi connectivity index (χ1) is 11.1. The van der Waals surface area contributed by atoms with Crippen molar-refractivity contribution in [3.8, 4) is 0 Å². The summed E-state index contributed by atoms with van der Waals surface area (Å²) >= 11 is 1.64. The maximum absolute atomic E-state index is 12.7. The molecular weight excluding hydrogens is 308 g/mol. The summed E-state index contributed by atoms with van der Waals surface area (Å²) in [6, 6.07) is 11.5. The van der Waals surface area contributed by atoms with Crippen molar-refractivity contribution in [1.82, 2.24) is 14.4 Å². The number of aryl methyl sites for hydroxylation is 2. The van der Waals surface area contributed by atoms with Gasteiger partial charge in [-0.15, -0.1) is 11.3 Å². The van der Waals surface area contributed by atoms with Gasteiger partial charge in [-0.25, -0.2) is 9.97 Å². The van der Waals surface area contributed by atoms with Crippen LogP contribution in [0, 0.1) is 13.8 Å². The first-order valence-electron chi connectivity index (χ1n) is 7.24. The van der Waals surface area contributed by atoms with E-state index < -0.39 is 0 Å². The highest BCUT2D eigenvalue weighted by molar-refractivity contribution is 7.18. The van der Waals surface area contributed by atoms with Crippen LogP contribution in [0.3, 0.4) is 0 Å². The highest BCUT2D eigenvalue weighted by Gasteiger charge is 2.16. The van der Waals surface area contributed by atoms with Gasteiger partial charge in [-0.2, -0.15) is 0 Å². The second-order valence-electron chi connectivity index (χ2n) is 5.34. The Labute approximate surface area is 136 Å². The Morgan fingerprint density at radius 3 is 2.91 bits per heavy atom. The zero-order valence-corrected chi connectivity index (χ0v) is 13.5. The number of aromatic nitrogens is 3. The van der Waals surface area contributed by atoms with Crippen molar-refractivity contribution in [2.45, 2.75) is 13.8 Å². The van der Waals surface area contributed by atoms with E-state index in [1.54, 1.807) is 15.7 Å². The van der Waals surface area contributed by atoms with Gasteiger partial charge in [0, 0.05) is 11.9 Å². The SMILES string of the molecule is Cc1nc2cc(NC(=O)c3c(C)nc4ccccn34)ccc2s1. The number of amides is 1. The van der Waals surface area contributed by atoms with Gasteiger partial charge in [-0.3, -0.25) is 9.20 Å². The van der Waals surface area contributed by atoms with E-state index in [9.17, 15) is 4.79 Å². The van der Waals surface area contributed by atoms with Gasteiger partial charge in [0.05, 0.1) is 20.9 Å². The molecule has 0 saturated heterocycles. The fourth-order valence-corrected chi connectivity index (χ4v) is 3.51. The van der Waals surface area contributed by atoms with Gasteiger partial charge < -0.3 is 5.32 Å². The summed E-state index contributed by atoms with van der Waals surface area (Å²) in [5.41, 5.74) is 3.66. The maximum Gasteiger partial charge on any atom is 0.274 e. The lowest BCUT2D eigenvalue weighted by molar-refractivity contribution is 0.102. The molecule has 3 heterocycles. The molecule has 0 aliphatic rings. The Kier molecular flexibility index (Phi) is 3.12. The molecule has 0 atom stereocenters. The summed E-state index contributed by atoms with van der Waals surface area (Å²) in [7, 11) is 0. The monoisotopic (exact) mass is 322 g/mol. The summed E-state index contributed by atoms with van der Waals surface area (Å²) in [4.78, 5) is 21.5. The molecule has 5 nitrogen and oxygen atoms in total. The van der Waals surface area contributed by atoms with E-state index in [-0.39, 0.29) is 5.91 Å². The van der Waals surface area contributed by atoms with Gasteiger partial charge in [0.15, 0.2) is 0 Å². The molecule has 4 aromatic rings. The average molecular weight is 322 g/mol. The van der Waals surface area contributed by atoms with Crippen LogP contribution >= 0.6 is 11.3 Å². The number of nitrogens with one attached hydrogen (secondary N) is 1. The number of fused-ring (bicyclic) bond motifs is 2. The second-order valence-corrected chi connectivity index (χ2v) is 6.58. The van der Waals surface area contributed by atoms with E-state index in [2.05, 4.69) is 15.3 Å². The van der Waals surface area contributed by atoms with Gasteiger partial charge >= 0.3 is 0 Å². The quantitative estimate of drug-likeness (QED) is 0.610. The highest BCUT2D eigenvalue weighted by Crippen LogP contribution is 2.25. The zero-order valence-electron chi connectivity index (χ0n) is 12.7. The summed E-state index contributed by atoms with van der Waals surface area (Å²) in [6.07, 6.45) is 1.84. The summed E-state index contributed by atoms with van der Waals surface area (Å²) in [5.74, 6) is -0.174. The number of hydrogen-bond donors (Lipinski definition) is 1. The number of imidazole rings is 1. The van der Waals surface area contributed by atoms with Gasteiger partial charge in [-0.1, -0.05) is 6.07 Å². The van der Waals surface area contributed by atoms with Crippen LogP contribution in [0.5, 0.6) is 0 Å². The van der Waals surface area contributed by atoms with Crippen LogP contribution in [0.1, 0.15) is 21.2 Å². The average Bonchev–Trinajstić information content (AvgIpc) is 3.04. The topological polar surface area (TPSA) is 59.3 Å². The minimum atomic E-state index is -0.174. The Hall–Kier alpha value is -2.73. The molecule has 3 aromatic heterocycles. The molecule has 0 saturated carbocycles. The number of nitrogens with zero attached hydrogens (tertiary/aromatic N) is 3. The third kappa shape index (κ3) is 2.37. The lowest BCUT2D eigenvalue weighted by Gasteiger charge is -2.06. The Balaban J connectivity index is 1.71. The van der Waals surface area contributed by atoms with E-state index in [1.165, 1.54) is 0 Å². The number of pyridine rings is 1. The normalized spacial score (nSPS) is 11.2. The Bertz CT molecular complexity index is 1050. The van der Waals surface area contributed by atoms with E-state index in [4.69, 9.17) is 0 Å². The first-order valence-corrected chi connectivity index (χ1v) is 8.06. The predicted octanol–water partition coefficient (Wildman–Crippen LogP) is 3.81. The van der Waals surface area contributed by atoms with Crippen molar-refractivity contribution in [2.75, 3.05) is 5.32 Å². The lowest BCUT2D eigenvalue weighted by Crippen LogP contribution is -2.15. The number of benzene rings is 1. The third-order valence-corrected chi connectivity index (χ3v) is 4.62. The zero-order chi connectivity index (χ0) is 16.0. The van der Waals surface area contributed by atoms with Crippen LogP contribution in [0.4, 0.5) is 5.69 Å². The minimum Gasteiger partial charge on any atom is -0.321 e. The number of carbonyl (C=O) groups excluding carboxylic acids is 1. The molecule has 0 aliphatic heterocycles. The molecule has 0 aliphatic carbocycles. The highest BCUT2D eigenvalue weighted by atomic mass is 32.1. The number of carbonyl (C=O) groups is 1. The van der Waals surface area contributed by atoms with Crippen LogP contribution < -0.4 is 5.32 Å².